The molecule has 2 N–H and O–H groups in total. The van der Waals surface area contributed by atoms with Crippen molar-refractivity contribution in [1.82, 2.24) is 4.90 Å². The third-order valence-electron chi connectivity index (χ3n) is 2.59. The molecule has 0 saturated heterocycles. The van der Waals surface area contributed by atoms with Gasteiger partial charge in [-0.25, -0.2) is 0 Å². The molecule has 0 radical (unpaired) electrons. The molecule has 0 aliphatic heterocycles. The maximum Gasteiger partial charge on any atom is 0.266 e. The summed E-state index contributed by atoms with van der Waals surface area (Å²) in [4.78, 5) is 14.6. The van der Waals surface area contributed by atoms with Gasteiger partial charge in [0.15, 0.2) is 0 Å². The highest BCUT2D eigenvalue weighted by molar-refractivity contribution is 7.98. The van der Waals surface area contributed by atoms with E-state index in [-0.39, 0.29) is 11.9 Å². The number of thiophene rings is 1. The Labute approximate surface area is 105 Å². The fourth-order valence-electron chi connectivity index (χ4n) is 1.51. The fourth-order valence-corrected chi connectivity index (χ4v) is 3.16. The van der Waals surface area contributed by atoms with Crippen molar-refractivity contribution in [2.75, 3.05) is 24.8 Å². The smallest absolute Gasteiger partial charge is 0.266 e. The summed E-state index contributed by atoms with van der Waals surface area (Å²) in [5, 5.41) is 1.85. The van der Waals surface area contributed by atoms with Crippen molar-refractivity contribution in [3.8, 4) is 0 Å². The first-order chi connectivity index (χ1) is 7.61. The number of nitrogens with two attached hydrogens (primary N) is 1. The van der Waals surface area contributed by atoms with Gasteiger partial charge >= 0.3 is 0 Å². The molecule has 0 spiro atoms. The Morgan fingerprint density at radius 3 is 2.81 bits per heavy atom. The fraction of sp³-hybridized carbons (Fsp3) is 0.545. The van der Waals surface area contributed by atoms with E-state index in [1.807, 2.05) is 12.4 Å². The summed E-state index contributed by atoms with van der Waals surface area (Å²) in [5.74, 6) is 0.998. The lowest BCUT2D eigenvalue weighted by Crippen LogP contribution is -2.38. The number of nitrogens with zero attached hydrogens (tertiary/aromatic N) is 1. The molecule has 1 aromatic heterocycles. The van der Waals surface area contributed by atoms with Gasteiger partial charge in [-0.05, 0) is 24.1 Å². The number of rotatable bonds is 5. The predicted molar refractivity (Wildman–Crippen MR) is 73.3 cm³/mol. The van der Waals surface area contributed by atoms with Crippen LogP contribution in [0.1, 0.15) is 23.0 Å². The summed E-state index contributed by atoms with van der Waals surface area (Å²) in [6.45, 7) is 2.10. The van der Waals surface area contributed by atoms with Gasteiger partial charge in [0.2, 0.25) is 0 Å². The normalized spacial score (nSPS) is 12.4. The second-order valence-corrected chi connectivity index (χ2v) is 5.47. The minimum atomic E-state index is 0.0356. The number of carbonyl (C=O) groups is 1. The van der Waals surface area contributed by atoms with Gasteiger partial charge in [-0.15, -0.1) is 11.3 Å². The van der Waals surface area contributed by atoms with E-state index in [1.54, 1.807) is 22.7 Å². The second kappa shape index (κ2) is 6.15. The molecule has 0 bridgehead atoms. The molecule has 1 heterocycles. The Balaban J connectivity index is 2.77. The molecule has 0 aliphatic carbocycles. The number of nitrogen functional groups attached to an aromatic ring is 1. The van der Waals surface area contributed by atoms with E-state index in [0.29, 0.717) is 10.6 Å². The molecule has 5 heteroatoms. The maximum absolute atomic E-state index is 12.1. The van der Waals surface area contributed by atoms with Gasteiger partial charge < -0.3 is 10.6 Å². The molecule has 1 aromatic rings. The second-order valence-electron chi connectivity index (χ2n) is 3.64. The summed E-state index contributed by atoms with van der Waals surface area (Å²) < 4.78 is 0. The highest BCUT2D eigenvalue weighted by Gasteiger charge is 2.21. The van der Waals surface area contributed by atoms with Gasteiger partial charge in [0.25, 0.3) is 5.91 Å². The van der Waals surface area contributed by atoms with Crippen LogP contribution in [0.15, 0.2) is 11.4 Å². The zero-order valence-corrected chi connectivity index (χ0v) is 11.5. The molecule has 1 rings (SSSR count). The minimum Gasteiger partial charge on any atom is -0.397 e. The summed E-state index contributed by atoms with van der Waals surface area (Å²) >= 11 is 3.17. The lowest BCUT2D eigenvalue weighted by atomic mass is 10.2. The molecule has 0 aliphatic rings. The van der Waals surface area contributed by atoms with Crippen molar-refractivity contribution in [2.45, 2.75) is 19.4 Å². The van der Waals surface area contributed by atoms with Crippen LogP contribution in [-0.2, 0) is 0 Å². The highest BCUT2D eigenvalue weighted by atomic mass is 32.2. The third-order valence-corrected chi connectivity index (χ3v) is 4.22. The van der Waals surface area contributed by atoms with Crippen LogP contribution in [0.5, 0.6) is 0 Å². The van der Waals surface area contributed by atoms with Gasteiger partial charge in [0, 0.05) is 18.8 Å². The number of hydrogen-bond donors (Lipinski definition) is 1. The Kier molecular flexibility index (Phi) is 5.15. The number of amides is 1. The topological polar surface area (TPSA) is 46.3 Å². The van der Waals surface area contributed by atoms with Crippen LogP contribution in [0, 0.1) is 0 Å². The Morgan fingerprint density at radius 1 is 1.69 bits per heavy atom. The first-order valence-corrected chi connectivity index (χ1v) is 7.48. The van der Waals surface area contributed by atoms with Crippen LogP contribution >= 0.6 is 23.1 Å². The number of carbonyl (C=O) groups excluding carboxylic acids is 1. The van der Waals surface area contributed by atoms with E-state index in [0.717, 1.165) is 12.2 Å². The van der Waals surface area contributed by atoms with E-state index < -0.39 is 0 Å². The minimum absolute atomic E-state index is 0.0356. The summed E-state index contributed by atoms with van der Waals surface area (Å²) in [6.07, 6.45) is 3.02. The van der Waals surface area contributed by atoms with Gasteiger partial charge in [-0.1, -0.05) is 6.92 Å². The molecule has 0 aromatic carbocycles. The number of thioether (sulfide) groups is 1. The zero-order chi connectivity index (χ0) is 12.1. The van der Waals surface area contributed by atoms with Crippen LogP contribution in [0.2, 0.25) is 0 Å². The molecule has 1 amide bonds. The van der Waals surface area contributed by atoms with Gasteiger partial charge in [-0.2, -0.15) is 11.8 Å². The quantitative estimate of drug-likeness (QED) is 0.883. The first-order valence-electron chi connectivity index (χ1n) is 5.20. The van der Waals surface area contributed by atoms with Crippen molar-refractivity contribution in [3.63, 3.8) is 0 Å². The summed E-state index contributed by atoms with van der Waals surface area (Å²) in [7, 11) is 1.85. The van der Waals surface area contributed by atoms with Gasteiger partial charge in [0.05, 0.1) is 5.69 Å². The first kappa shape index (κ1) is 13.4. The lowest BCUT2D eigenvalue weighted by Gasteiger charge is -2.26. The monoisotopic (exact) mass is 258 g/mol. The van der Waals surface area contributed by atoms with E-state index in [4.69, 9.17) is 5.73 Å². The SMILES string of the molecule is CCC(CSC)N(C)C(=O)c1sccc1N. The third kappa shape index (κ3) is 2.92. The molecule has 90 valence electrons. The molecule has 16 heavy (non-hydrogen) atoms. The van der Waals surface area contributed by atoms with Crippen LogP contribution in [0.25, 0.3) is 0 Å². The number of anilines is 1. The molecule has 3 nitrogen and oxygen atoms in total. The number of hydrogen-bond acceptors (Lipinski definition) is 4. The van der Waals surface area contributed by atoms with Crippen molar-refractivity contribution < 1.29 is 4.79 Å². The van der Waals surface area contributed by atoms with E-state index in [9.17, 15) is 4.79 Å². The van der Waals surface area contributed by atoms with Crippen LogP contribution in [0.3, 0.4) is 0 Å². The van der Waals surface area contributed by atoms with Crippen molar-refractivity contribution in [2.24, 2.45) is 0 Å². The van der Waals surface area contributed by atoms with Crippen LogP contribution in [-0.4, -0.2) is 35.9 Å². The van der Waals surface area contributed by atoms with Crippen molar-refractivity contribution in [3.05, 3.63) is 16.3 Å². The molecular weight excluding hydrogens is 240 g/mol. The molecule has 0 saturated carbocycles. The Morgan fingerprint density at radius 2 is 2.38 bits per heavy atom. The average Bonchev–Trinajstić information content (AvgIpc) is 2.70. The summed E-state index contributed by atoms with van der Waals surface area (Å²) in [6, 6.07) is 2.06. The highest BCUT2D eigenvalue weighted by Crippen LogP contribution is 2.22. The van der Waals surface area contributed by atoms with E-state index >= 15 is 0 Å². The molecular formula is C11H18N2OS2. The molecule has 1 unspecified atom stereocenters. The van der Waals surface area contributed by atoms with E-state index in [2.05, 4.69) is 13.2 Å². The largest absolute Gasteiger partial charge is 0.397 e. The predicted octanol–water partition coefficient (Wildman–Crippen LogP) is 2.54. The standard InChI is InChI=1S/C11H18N2OS2/c1-4-8(7-15-3)13(2)11(14)10-9(12)5-6-16-10/h5-6,8H,4,7,12H2,1-3H3. The molecule has 1 atom stereocenters. The Hall–Kier alpha value is -0.680. The van der Waals surface area contributed by atoms with Gasteiger partial charge in [-0.3, -0.25) is 4.79 Å². The van der Waals surface area contributed by atoms with Crippen LogP contribution in [0.4, 0.5) is 5.69 Å². The van der Waals surface area contributed by atoms with Crippen molar-refractivity contribution in [1.29, 1.82) is 0 Å². The van der Waals surface area contributed by atoms with E-state index in [1.165, 1.54) is 11.3 Å². The Bertz CT molecular complexity index is 352. The van der Waals surface area contributed by atoms with Crippen molar-refractivity contribution >= 4 is 34.7 Å². The summed E-state index contributed by atoms with van der Waals surface area (Å²) in [5.41, 5.74) is 6.34. The maximum atomic E-state index is 12.1. The lowest BCUT2D eigenvalue weighted by molar-refractivity contribution is 0.0749. The molecule has 0 fully saturated rings. The zero-order valence-electron chi connectivity index (χ0n) is 9.90. The van der Waals surface area contributed by atoms with Gasteiger partial charge in [0.1, 0.15) is 4.88 Å². The average molecular weight is 258 g/mol. The van der Waals surface area contributed by atoms with Crippen LogP contribution < -0.4 is 5.73 Å².